The molecule has 2 bridgehead atoms. The summed E-state index contributed by atoms with van der Waals surface area (Å²) in [5.74, 6) is 0. The van der Waals surface area contributed by atoms with Gasteiger partial charge in [0.05, 0.1) is 25.4 Å². The largest absolute Gasteiger partial charge is 0.396 e. The van der Waals surface area contributed by atoms with Crippen molar-refractivity contribution in [3.63, 3.8) is 0 Å². The molecule has 0 radical (unpaired) electrons. The Kier molecular flexibility index (Phi) is 2.22. The van der Waals surface area contributed by atoms with Crippen LogP contribution in [0.4, 0.5) is 0 Å². The lowest BCUT2D eigenvalue weighted by Crippen LogP contribution is -2.64. The molecule has 2 heterocycles. The maximum Gasteiger partial charge on any atom is 0.126 e. The van der Waals surface area contributed by atoms with Gasteiger partial charge in [0.2, 0.25) is 0 Å². The van der Waals surface area contributed by atoms with Gasteiger partial charge in [-0.05, 0) is 26.2 Å². The van der Waals surface area contributed by atoms with Crippen molar-refractivity contribution in [3.05, 3.63) is 11.6 Å². The molecule has 19 heavy (non-hydrogen) atoms. The van der Waals surface area contributed by atoms with Crippen LogP contribution >= 0.6 is 0 Å². The average Bonchev–Trinajstić information content (AvgIpc) is 3.13. The second kappa shape index (κ2) is 3.42. The van der Waals surface area contributed by atoms with E-state index >= 15 is 0 Å². The van der Waals surface area contributed by atoms with Gasteiger partial charge in [0.25, 0.3) is 0 Å². The van der Waals surface area contributed by atoms with E-state index in [9.17, 15) is 10.2 Å². The molecule has 2 saturated heterocycles. The fourth-order valence-corrected chi connectivity index (χ4v) is 5.03. The summed E-state index contributed by atoms with van der Waals surface area (Å²) in [5.41, 5.74) is 0.458. The smallest absolute Gasteiger partial charge is 0.126 e. The van der Waals surface area contributed by atoms with E-state index in [2.05, 4.69) is 19.9 Å². The highest BCUT2D eigenvalue weighted by Crippen LogP contribution is 2.71. The molecule has 2 aliphatic heterocycles. The van der Waals surface area contributed by atoms with Crippen molar-refractivity contribution in [2.45, 2.75) is 57.0 Å². The van der Waals surface area contributed by atoms with Crippen LogP contribution in [-0.2, 0) is 9.47 Å². The minimum Gasteiger partial charge on any atom is -0.396 e. The maximum atomic E-state index is 10.4. The zero-order valence-electron chi connectivity index (χ0n) is 11.6. The number of rotatable bonds is 1. The third-order valence-electron chi connectivity index (χ3n) is 6.44. The van der Waals surface area contributed by atoms with Crippen molar-refractivity contribution in [1.82, 2.24) is 0 Å². The molecule has 1 spiro atoms. The van der Waals surface area contributed by atoms with E-state index < -0.39 is 6.10 Å². The molecule has 2 N–H and O–H groups in total. The van der Waals surface area contributed by atoms with Crippen LogP contribution in [0.2, 0.25) is 0 Å². The van der Waals surface area contributed by atoms with Crippen LogP contribution in [0.25, 0.3) is 0 Å². The number of epoxide rings is 1. The first kappa shape index (κ1) is 12.3. The van der Waals surface area contributed by atoms with Crippen LogP contribution in [0.1, 0.15) is 33.1 Å². The summed E-state index contributed by atoms with van der Waals surface area (Å²) in [6, 6.07) is 0. The zero-order chi connectivity index (χ0) is 13.5. The molecule has 4 aliphatic rings. The SMILES string of the molecule is CC1=C[C@H]2O[C@@H]3[C@H](O)C[C@](C)([C@@]2(CO)CC1)[C@]31CO1. The molecule has 4 nitrogen and oxygen atoms in total. The fraction of sp³-hybridized carbons (Fsp3) is 0.867. The van der Waals surface area contributed by atoms with Crippen molar-refractivity contribution in [3.8, 4) is 0 Å². The van der Waals surface area contributed by atoms with Gasteiger partial charge in [0, 0.05) is 10.8 Å². The quantitative estimate of drug-likeness (QED) is 0.549. The molecule has 2 aliphatic carbocycles. The third-order valence-corrected chi connectivity index (χ3v) is 6.44. The lowest BCUT2D eigenvalue weighted by molar-refractivity contribution is -0.216. The summed E-state index contributed by atoms with van der Waals surface area (Å²) in [5, 5.41) is 20.5. The van der Waals surface area contributed by atoms with E-state index in [-0.39, 0.29) is 35.2 Å². The topological polar surface area (TPSA) is 62.2 Å². The van der Waals surface area contributed by atoms with Crippen LogP contribution in [0.15, 0.2) is 11.6 Å². The van der Waals surface area contributed by atoms with Gasteiger partial charge in [-0.25, -0.2) is 0 Å². The normalized spacial score (nSPS) is 58.9. The molecule has 4 rings (SSSR count). The van der Waals surface area contributed by atoms with E-state index in [1.807, 2.05) is 0 Å². The Hall–Kier alpha value is -0.420. The van der Waals surface area contributed by atoms with Gasteiger partial charge in [-0.2, -0.15) is 0 Å². The Labute approximate surface area is 113 Å². The van der Waals surface area contributed by atoms with Gasteiger partial charge in [0.15, 0.2) is 0 Å². The maximum absolute atomic E-state index is 10.4. The van der Waals surface area contributed by atoms with Gasteiger partial charge in [-0.3, -0.25) is 0 Å². The second-order valence-electron chi connectivity index (χ2n) is 7.09. The number of allylic oxidation sites excluding steroid dienone is 1. The van der Waals surface area contributed by atoms with Crippen molar-refractivity contribution in [1.29, 1.82) is 0 Å². The molecule has 4 heteroatoms. The van der Waals surface area contributed by atoms with E-state index in [1.165, 1.54) is 5.57 Å². The molecule has 0 aromatic heterocycles. The Morgan fingerprint density at radius 1 is 1.47 bits per heavy atom. The highest BCUT2D eigenvalue weighted by Gasteiger charge is 2.80. The summed E-state index contributed by atoms with van der Waals surface area (Å²) < 4.78 is 12.0. The molecule has 1 saturated carbocycles. The highest BCUT2D eigenvalue weighted by atomic mass is 16.6. The summed E-state index contributed by atoms with van der Waals surface area (Å²) in [6.45, 7) is 5.05. The number of aliphatic hydroxyl groups excluding tert-OH is 2. The monoisotopic (exact) mass is 266 g/mol. The first-order valence-corrected chi connectivity index (χ1v) is 7.25. The lowest BCUT2D eigenvalue weighted by atomic mass is 9.52. The highest BCUT2D eigenvalue weighted by molar-refractivity contribution is 5.31. The van der Waals surface area contributed by atoms with Crippen LogP contribution < -0.4 is 0 Å². The van der Waals surface area contributed by atoms with E-state index in [1.54, 1.807) is 0 Å². The average molecular weight is 266 g/mol. The molecule has 106 valence electrons. The molecule has 3 fully saturated rings. The Bertz CT molecular complexity index is 455. The van der Waals surface area contributed by atoms with E-state index in [4.69, 9.17) is 9.47 Å². The molecular weight excluding hydrogens is 244 g/mol. The number of hydrogen-bond acceptors (Lipinski definition) is 4. The summed E-state index contributed by atoms with van der Waals surface area (Å²) in [7, 11) is 0. The van der Waals surface area contributed by atoms with Gasteiger partial charge >= 0.3 is 0 Å². The van der Waals surface area contributed by atoms with E-state index in [0.29, 0.717) is 13.0 Å². The number of ether oxygens (including phenoxy) is 2. The molecule has 0 aromatic carbocycles. The Balaban J connectivity index is 1.87. The van der Waals surface area contributed by atoms with Crippen LogP contribution in [0.5, 0.6) is 0 Å². The molecule has 0 amide bonds. The third kappa shape index (κ3) is 1.16. The predicted molar refractivity (Wildman–Crippen MR) is 68.6 cm³/mol. The van der Waals surface area contributed by atoms with Gasteiger partial charge < -0.3 is 19.7 Å². The van der Waals surface area contributed by atoms with Gasteiger partial charge in [-0.1, -0.05) is 18.6 Å². The summed E-state index contributed by atoms with van der Waals surface area (Å²) in [6.07, 6.45) is 3.93. The number of fused-ring (bicyclic) bond motifs is 2. The number of aliphatic hydroxyl groups is 2. The van der Waals surface area contributed by atoms with E-state index in [0.717, 1.165) is 12.8 Å². The first-order chi connectivity index (χ1) is 8.99. The Morgan fingerprint density at radius 3 is 2.84 bits per heavy atom. The minimum absolute atomic E-state index is 0.0896. The number of hydrogen-bond donors (Lipinski definition) is 2. The van der Waals surface area contributed by atoms with Gasteiger partial charge in [0.1, 0.15) is 11.7 Å². The molecule has 6 atom stereocenters. The van der Waals surface area contributed by atoms with Crippen molar-refractivity contribution < 1.29 is 19.7 Å². The van der Waals surface area contributed by atoms with Crippen molar-refractivity contribution >= 4 is 0 Å². The van der Waals surface area contributed by atoms with Crippen LogP contribution in [-0.4, -0.2) is 47.3 Å². The van der Waals surface area contributed by atoms with Crippen molar-refractivity contribution in [2.24, 2.45) is 10.8 Å². The lowest BCUT2D eigenvalue weighted by Gasteiger charge is -2.57. The Morgan fingerprint density at radius 2 is 2.21 bits per heavy atom. The standard InChI is InChI=1S/C15H22O4/c1-9-3-4-14(7-16)11(5-9)19-12-10(17)6-13(14,2)15(12)8-18-15/h5,10-12,16-17H,3-4,6-8H2,1-2H3/t10-,11-,12-,13-,14-,15+/m1/s1. The van der Waals surface area contributed by atoms with Crippen molar-refractivity contribution in [2.75, 3.05) is 13.2 Å². The van der Waals surface area contributed by atoms with Crippen LogP contribution in [0.3, 0.4) is 0 Å². The van der Waals surface area contributed by atoms with Crippen LogP contribution in [0, 0.1) is 10.8 Å². The second-order valence-corrected chi connectivity index (χ2v) is 7.09. The zero-order valence-corrected chi connectivity index (χ0v) is 11.6. The summed E-state index contributed by atoms with van der Waals surface area (Å²) >= 11 is 0. The first-order valence-electron chi connectivity index (χ1n) is 7.25. The molecular formula is C15H22O4. The fourth-order valence-electron chi connectivity index (χ4n) is 5.03. The van der Waals surface area contributed by atoms with Gasteiger partial charge in [-0.15, -0.1) is 0 Å². The summed E-state index contributed by atoms with van der Waals surface area (Å²) in [4.78, 5) is 0. The molecule has 0 unspecified atom stereocenters. The molecule has 0 aromatic rings. The predicted octanol–water partition coefficient (Wildman–Crippen LogP) is 1.01. The minimum atomic E-state index is -0.477.